The zero-order chi connectivity index (χ0) is 12.1. The van der Waals surface area contributed by atoms with Crippen molar-refractivity contribution in [3.63, 3.8) is 0 Å². The number of alkyl halides is 3. The molecule has 0 saturated heterocycles. The van der Waals surface area contributed by atoms with E-state index in [0.29, 0.717) is 12.8 Å². The van der Waals surface area contributed by atoms with Crippen molar-refractivity contribution in [2.24, 2.45) is 5.73 Å². The highest BCUT2D eigenvalue weighted by molar-refractivity contribution is 5.81. The van der Waals surface area contributed by atoms with Crippen LogP contribution < -0.4 is 5.73 Å². The van der Waals surface area contributed by atoms with E-state index in [1.54, 1.807) is 0 Å². The predicted molar refractivity (Wildman–Crippen MR) is 51.2 cm³/mol. The molecule has 2 N–H and O–H groups in total. The van der Waals surface area contributed by atoms with Crippen LogP contribution in [-0.4, -0.2) is 36.1 Å². The van der Waals surface area contributed by atoms with Gasteiger partial charge in [-0.25, -0.2) is 0 Å². The average molecular weight is 226 g/mol. The van der Waals surface area contributed by atoms with Crippen LogP contribution in [0.2, 0.25) is 0 Å². The largest absolute Gasteiger partial charge is 0.406 e. The van der Waals surface area contributed by atoms with Crippen LogP contribution in [0.3, 0.4) is 0 Å². The van der Waals surface area contributed by atoms with Gasteiger partial charge in [-0.1, -0.05) is 13.3 Å². The summed E-state index contributed by atoms with van der Waals surface area (Å²) in [6.07, 6.45) is -3.28. The van der Waals surface area contributed by atoms with E-state index in [1.807, 2.05) is 6.92 Å². The molecule has 0 aliphatic carbocycles. The molecule has 0 aliphatic rings. The molecule has 0 aromatic rings. The van der Waals surface area contributed by atoms with Gasteiger partial charge in [0.15, 0.2) is 0 Å². The minimum Gasteiger partial charge on any atom is -0.333 e. The van der Waals surface area contributed by atoms with Crippen LogP contribution in [-0.2, 0) is 4.79 Å². The van der Waals surface area contributed by atoms with E-state index in [-0.39, 0.29) is 6.54 Å². The first-order valence-corrected chi connectivity index (χ1v) is 4.93. The van der Waals surface area contributed by atoms with Gasteiger partial charge in [0.1, 0.15) is 6.54 Å². The number of nitrogens with zero attached hydrogens (tertiary/aromatic N) is 1. The Hall–Kier alpha value is -0.780. The fourth-order valence-electron chi connectivity index (χ4n) is 1.23. The monoisotopic (exact) mass is 226 g/mol. The second kappa shape index (κ2) is 5.95. The zero-order valence-electron chi connectivity index (χ0n) is 8.97. The molecule has 15 heavy (non-hydrogen) atoms. The molecule has 6 heteroatoms. The standard InChI is InChI=1S/C9H17F3N2O/c1-3-5-7(13)8(15)14(4-2)6-9(10,11)12/h7H,3-6,13H2,1-2H3/t7-/m1/s1. The molecule has 0 aromatic heterocycles. The summed E-state index contributed by atoms with van der Waals surface area (Å²) < 4.78 is 36.2. The third-order valence-electron chi connectivity index (χ3n) is 1.98. The molecule has 90 valence electrons. The van der Waals surface area contributed by atoms with Crippen LogP contribution in [0.4, 0.5) is 13.2 Å². The van der Waals surface area contributed by atoms with E-state index in [2.05, 4.69) is 0 Å². The Balaban J connectivity index is 4.34. The molecule has 0 aliphatic heterocycles. The molecule has 0 rings (SSSR count). The van der Waals surface area contributed by atoms with Crippen molar-refractivity contribution in [3.8, 4) is 0 Å². The van der Waals surface area contributed by atoms with Crippen LogP contribution in [0.1, 0.15) is 26.7 Å². The molecule has 0 spiro atoms. The van der Waals surface area contributed by atoms with Crippen LogP contribution in [0, 0.1) is 0 Å². The fourth-order valence-corrected chi connectivity index (χ4v) is 1.23. The smallest absolute Gasteiger partial charge is 0.333 e. The molecule has 0 saturated carbocycles. The lowest BCUT2D eigenvalue weighted by molar-refractivity contribution is -0.161. The number of amides is 1. The molecule has 0 unspecified atom stereocenters. The Labute approximate surface area is 87.4 Å². The van der Waals surface area contributed by atoms with Crippen molar-refractivity contribution in [3.05, 3.63) is 0 Å². The van der Waals surface area contributed by atoms with E-state index in [1.165, 1.54) is 6.92 Å². The predicted octanol–water partition coefficient (Wildman–Crippen LogP) is 1.52. The molecule has 0 bridgehead atoms. The third kappa shape index (κ3) is 5.61. The van der Waals surface area contributed by atoms with Crippen molar-refractivity contribution in [2.45, 2.75) is 38.9 Å². The van der Waals surface area contributed by atoms with Crippen molar-refractivity contribution in [2.75, 3.05) is 13.1 Å². The van der Waals surface area contributed by atoms with Gasteiger partial charge in [-0.3, -0.25) is 4.79 Å². The second-order valence-electron chi connectivity index (χ2n) is 3.36. The van der Waals surface area contributed by atoms with Gasteiger partial charge in [0.25, 0.3) is 0 Å². The first kappa shape index (κ1) is 14.2. The molecule has 0 fully saturated rings. The molecule has 0 heterocycles. The van der Waals surface area contributed by atoms with Crippen molar-refractivity contribution < 1.29 is 18.0 Å². The van der Waals surface area contributed by atoms with Crippen LogP contribution in [0.15, 0.2) is 0 Å². The number of likely N-dealkylation sites (N-methyl/N-ethyl adjacent to an activating group) is 1. The Kier molecular flexibility index (Phi) is 5.64. The molecule has 0 radical (unpaired) electrons. The lowest BCUT2D eigenvalue weighted by atomic mass is 10.1. The summed E-state index contributed by atoms with van der Waals surface area (Å²) in [5.41, 5.74) is 5.46. The summed E-state index contributed by atoms with van der Waals surface area (Å²) in [5, 5.41) is 0. The number of carbonyl (C=O) groups excluding carboxylic acids is 1. The Bertz CT molecular complexity index is 206. The van der Waals surface area contributed by atoms with Gasteiger partial charge in [0.2, 0.25) is 5.91 Å². The van der Waals surface area contributed by atoms with Gasteiger partial charge in [0.05, 0.1) is 6.04 Å². The average Bonchev–Trinajstić information content (AvgIpc) is 2.12. The Morgan fingerprint density at radius 1 is 1.40 bits per heavy atom. The van der Waals surface area contributed by atoms with Crippen molar-refractivity contribution in [1.82, 2.24) is 4.90 Å². The van der Waals surface area contributed by atoms with Crippen LogP contribution in [0.5, 0.6) is 0 Å². The molecule has 0 aromatic carbocycles. The summed E-state index contributed by atoms with van der Waals surface area (Å²) >= 11 is 0. The Morgan fingerprint density at radius 2 is 1.93 bits per heavy atom. The number of rotatable bonds is 5. The SMILES string of the molecule is CCC[C@@H](N)C(=O)N(CC)CC(F)(F)F. The van der Waals surface area contributed by atoms with Gasteiger partial charge >= 0.3 is 6.18 Å². The van der Waals surface area contributed by atoms with E-state index in [0.717, 1.165) is 4.90 Å². The lowest BCUT2D eigenvalue weighted by Gasteiger charge is -2.25. The maximum atomic E-state index is 12.1. The van der Waals surface area contributed by atoms with Crippen LogP contribution in [0.25, 0.3) is 0 Å². The summed E-state index contributed by atoms with van der Waals surface area (Å²) in [7, 11) is 0. The molecule has 1 atom stereocenters. The van der Waals surface area contributed by atoms with Crippen molar-refractivity contribution in [1.29, 1.82) is 0 Å². The highest BCUT2D eigenvalue weighted by Gasteiger charge is 2.33. The maximum absolute atomic E-state index is 12.1. The van der Waals surface area contributed by atoms with Crippen molar-refractivity contribution >= 4 is 5.91 Å². The molecular formula is C9H17F3N2O. The van der Waals surface area contributed by atoms with Gasteiger partial charge in [-0.15, -0.1) is 0 Å². The van der Waals surface area contributed by atoms with E-state index in [4.69, 9.17) is 5.73 Å². The summed E-state index contributed by atoms with van der Waals surface area (Å²) in [6.45, 7) is 2.13. The number of carbonyl (C=O) groups is 1. The minimum absolute atomic E-state index is 0.0236. The Morgan fingerprint density at radius 3 is 2.27 bits per heavy atom. The quantitative estimate of drug-likeness (QED) is 0.772. The number of nitrogens with two attached hydrogens (primary N) is 1. The van der Waals surface area contributed by atoms with Gasteiger partial charge in [0, 0.05) is 6.54 Å². The van der Waals surface area contributed by atoms with Crippen LogP contribution >= 0.6 is 0 Å². The number of hydrogen-bond acceptors (Lipinski definition) is 2. The van der Waals surface area contributed by atoms with Gasteiger partial charge in [-0.2, -0.15) is 13.2 Å². The third-order valence-corrected chi connectivity index (χ3v) is 1.98. The number of halogens is 3. The zero-order valence-corrected chi connectivity index (χ0v) is 8.97. The first-order valence-electron chi connectivity index (χ1n) is 4.93. The van der Waals surface area contributed by atoms with Gasteiger partial charge < -0.3 is 10.6 Å². The second-order valence-corrected chi connectivity index (χ2v) is 3.36. The highest BCUT2D eigenvalue weighted by atomic mass is 19.4. The lowest BCUT2D eigenvalue weighted by Crippen LogP contribution is -2.47. The molecular weight excluding hydrogens is 209 g/mol. The molecule has 1 amide bonds. The normalized spacial score (nSPS) is 13.7. The minimum atomic E-state index is -4.36. The van der Waals surface area contributed by atoms with E-state index >= 15 is 0 Å². The summed E-state index contributed by atoms with van der Waals surface area (Å²) in [5.74, 6) is -0.628. The first-order chi connectivity index (χ1) is 6.81. The summed E-state index contributed by atoms with van der Waals surface area (Å²) in [4.78, 5) is 12.2. The number of hydrogen-bond donors (Lipinski definition) is 1. The fraction of sp³-hybridized carbons (Fsp3) is 0.889. The van der Waals surface area contributed by atoms with E-state index in [9.17, 15) is 18.0 Å². The maximum Gasteiger partial charge on any atom is 0.406 e. The molecule has 3 nitrogen and oxygen atoms in total. The van der Waals surface area contributed by atoms with E-state index < -0.39 is 24.7 Å². The highest BCUT2D eigenvalue weighted by Crippen LogP contribution is 2.17. The summed E-state index contributed by atoms with van der Waals surface area (Å²) in [6, 6.07) is -0.822. The van der Waals surface area contributed by atoms with Gasteiger partial charge in [-0.05, 0) is 13.3 Å². The topological polar surface area (TPSA) is 46.3 Å².